The molecule has 35 heavy (non-hydrogen) atoms. The largest absolute Gasteiger partial charge is 0.497 e. The Morgan fingerprint density at radius 1 is 0.829 bits per heavy atom. The average molecular weight is 494 g/mol. The summed E-state index contributed by atoms with van der Waals surface area (Å²) in [5, 5.41) is 0. The smallest absolute Gasteiger partial charge is 0.243 e. The van der Waals surface area contributed by atoms with Crippen LogP contribution in [0.3, 0.4) is 0 Å². The molecule has 0 unspecified atom stereocenters. The third-order valence-electron chi connectivity index (χ3n) is 6.17. The molecule has 1 saturated heterocycles. The highest BCUT2D eigenvalue weighted by molar-refractivity contribution is 7.89. The van der Waals surface area contributed by atoms with Crippen molar-refractivity contribution >= 4 is 21.5 Å². The summed E-state index contributed by atoms with van der Waals surface area (Å²) in [5.74, 6) is 3.27. The molecule has 0 atom stereocenters. The summed E-state index contributed by atoms with van der Waals surface area (Å²) in [5.41, 5.74) is 1.56. The second kappa shape index (κ2) is 9.59. The van der Waals surface area contributed by atoms with Crippen molar-refractivity contribution in [1.82, 2.24) is 9.21 Å². The van der Waals surface area contributed by atoms with Crippen LogP contribution in [0.15, 0.2) is 76.6 Å². The SMILES string of the molecule is COc1cccc(S(=O)(=O)N2CCCN(C3=Nc4ccccc4Oc4cc(OC)ccc43)CC2)c1. The van der Waals surface area contributed by atoms with Crippen LogP contribution in [0.2, 0.25) is 0 Å². The van der Waals surface area contributed by atoms with E-state index < -0.39 is 10.0 Å². The molecule has 8 nitrogen and oxygen atoms in total. The number of methoxy groups -OCH3 is 2. The number of sulfonamides is 1. The molecule has 3 aromatic rings. The molecule has 0 aliphatic carbocycles. The number of amidine groups is 1. The van der Waals surface area contributed by atoms with Crippen LogP contribution in [0.4, 0.5) is 5.69 Å². The van der Waals surface area contributed by atoms with Gasteiger partial charge in [-0.3, -0.25) is 0 Å². The zero-order chi connectivity index (χ0) is 24.4. The lowest BCUT2D eigenvalue weighted by molar-refractivity contribution is 0.403. The van der Waals surface area contributed by atoms with E-state index in [0.717, 1.165) is 17.1 Å². The molecule has 2 aliphatic heterocycles. The molecule has 0 amide bonds. The molecule has 9 heteroatoms. The van der Waals surface area contributed by atoms with Gasteiger partial charge in [-0.05, 0) is 42.8 Å². The Bertz CT molecular complexity index is 1370. The van der Waals surface area contributed by atoms with E-state index >= 15 is 0 Å². The lowest BCUT2D eigenvalue weighted by atomic mass is 10.1. The number of ether oxygens (including phenoxy) is 3. The van der Waals surface area contributed by atoms with E-state index in [9.17, 15) is 8.42 Å². The van der Waals surface area contributed by atoms with Gasteiger partial charge in [0.15, 0.2) is 5.75 Å². The van der Waals surface area contributed by atoms with Crippen LogP contribution < -0.4 is 14.2 Å². The highest BCUT2D eigenvalue weighted by atomic mass is 32.2. The Kier molecular flexibility index (Phi) is 6.36. The first-order chi connectivity index (χ1) is 17.0. The summed E-state index contributed by atoms with van der Waals surface area (Å²) in [7, 11) is -0.507. The lowest BCUT2D eigenvalue weighted by Gasteiger charge is -2.25. The predicted molar refractivity (Wildman–Crippen MR) is 134 cm³/mol. The molecule has 0 N–H and O–H groups in total. The fraction of sp³-hybridized carbons (Fsp3) is 0.269. The Morgan fingerprint density at radius 3 is 2.46 bits per heavy atom. The van der Waals surface area contributed by atoms with E-state index in [4.69, 9.17) is 19.2 Å². The number of fused-ring (bicyclic) bond motifs is 2. The average Bonchev–Trinajstić information content (AvgIpc) is 3.23. The minimum atomic E-state index is -3.65. The Hall–Kier alpha value is -3.56. The molecule has 5 rings (SSSR count). The van der Waals surface area contributed by atoms with Crippen LogP contribution in [-0.2, 0) is 10.0 Å². The molecule has 0 aromatic heterocycles. The third kappa shape index (κ3) is 4.56. The van der Waals surface area contributed by atoms with E-state index in [1.807, 2.05) is 42.5 Å². The molecular weight excluding hydrogens is 466 g/mol. The molecule has 2 aliphatic rings. The van der Waals surface area contributed by atoms with Crippen LogP contribution in [-0.4, -0.2) is 63.9 Å². The lowest BCUT2D eigenvalue weighted by Crippen LogP contribution is -2.37. The molecule has 1 fully saturated rings. The summed E-state index contributed by atoms with van der Waals surface area (Å²) in [6, 6.07) is 19.9. The topological polar surface area (TPSA) is 80.7 Å². The molecule has 3 aromatic carbocycles. The van der Waals surface area contributed by atoms with Gasteiger partial charge in [0.1, 0.15) is 28.8 Å². The van der Waals surface area contributed by atoms with Crippen molar-refractivity contribution in [3.63, 3.8) is 0 Å². The maximum absolute atomic E-state index is 13.4. The standard InChI is InChI=1S/C26H27N3O5S/c1-32-19-7-5-8-21(17-19)35(30,31)29-14-6-13-28(15-16-29)26-22-12-11-20(33-2)18-25(22)34-24-10-4-3-9-23(24)27-26/h3-5,7-12,17-18H,6,13-16H2,1-2H3. The molecule has 0 saturated carbocycles. The highest BCUT2D eigenvalue weighted by Gasteiger charge is 2.30. The third-order valence-corrected chi connectivity index (χ3v) is 8.07. The van der Waals surface area contributed by atoms with Gasteiger partial charge in [-0.15, -0.1) is 0 Å². The number of hydrogen-bond donors (Lipinski definition) is 0. The summed E-state index contributed by atoms with van der Waals surface area (Å²) < 4.78 is 45.1. The van der Waals surface area contributed by atoms with E-state index in [1.54, 1.807) is 35.7 Å². The number of para-hydroxylation sites is 2. The van der Waals surface area contributed by atoms with Crippen molar-refractivity contribution in [3.8, 4) is 23.0 Å². The van der Waals surface area contributed by atoms with E-state index in [-0.39, 0.29) is 4.90 Å². The Balaban J connectivity index is 1.46. The van der Waals surface area contributed by atoms with Crippen molar-refractivity contribution in [2.45, 2.75) is 11.3 Å². The first kappa shape index (κ1) is 23.2. The number of nitrogens with zero attached hydrogens (tertiary/aromatic N) is 3. The van der Waals surface area contributed by atoms with Crippen molar-refractivity contribution < 1.29 is 22.6 Å². The predicted octanol–water partition coefficient (Wildman–Crippen LogP) is 4.28. The molecular formula is C26H27N3O5S. The zero-order valence-electron chi connectivity index (χ0n) is 19.7. The second-order valence-corrected chi connectivity index (χ2v) is 10.2. The molecule has 0 spiro atoms. The monoisotopic (exact) mass is 493 g/mol. The number of aliphatic imine (C=N–C) groups is 1. The second-order valence-electron chi connectivity index (χ2n) is 8.29. The van der Waals surface area contributed by atoms with Gasteiger partial charge in [-0.25, -0.2) is 13.4 Å². The van der Waals surface area contributed by atoms with Crippen molar-refractivity contribution in [1.29, 1.82) is 0 Å². The van der Waals surface area contributed by atoms with E-state index in [2.05, 4.69) is 4.90 Å². The Morgan fingerprint density at radius 2 is 1.63 bits per heavy atom. The van der Waals surface area contributed by atoms with Crippen molar-refractivity contribution in [3.05, 3.63) is 72.3 Å². The summed E-state index contributed by atoms with van der Waals surface area (Å²) in [6.07, 6.45) is 0.663. The van der Waals surface area contributed by atoms with Gasteiger partial charge < -0.3 is 19.1 Å². The minimum absolute atomic E-state index is 0.233. The van der Waals surface area contributed by atoms with E-state index in [0.29, 0.717) is 55.6 Å². The van der Waals surface area contributed by atoms with Gasteiger partial charge >= 0.3 is 0 Å². The normalized spacial score (nSPS) is 16.2. The summed E-state index contributed by atoms with van der Waals surface area (Å²) >= 11 is 0. The van der Waals surface area contributed by atoms with Crippen LogP contribution in [0.5, 0.6) is 23.0 Å². The van der Waals surface area contributed by atoms with Gasteiger partial charge in [0, 0.05) is 38.3 Å². The van der Waals surface area contributed by atoms with Gasteiger partial charge in [0.2, 0.25) is 10.0 Å². The first-order valence-corrected chi connectivity index (χ1v) is 12.9. The zero-order valence-corrected chi connectivity index (χ0v) is 20.5. The van der Waals surface area contributed by atoms with Crippen molar-refractivity contribution in [2.75, 3.05) is 40.4 Å². The van der Waals surface area contributed by atoms with Crippen LogP contribution in [0.1, 0.15) is 12.0 Å². The molecule has 0 radical (unpaired) electrons. The Labute approximate surface area is 205 Å². The number of rotatable bonds is 4. The molecule has 2 heterocycles. The van der Waals surface area contributed by atoms with Gasteiger partial charge in [0.25, 0.3) is 0 Å². The van der Waals surface area contributed by atoms with Gasteiger partial charge in [-0.1, -0.05) is 18.2 Å². The fourth-order valence-electron chi connectivity index (χ4n) is 4.33. The maximum atomic E-state index is 13.4. The minimum Gasteiger partial charge on any atom is -0.497 e. The highest BCUT2D eigenvalue weighted by Crippen LogP contribution is 2.39. The van der Waals surface area contributed by atoms with Crippen LogP contribution in [0, 0.1) is 0 Å². The number of hydrogen-bond acceptors (Lipinski definition) is 7. The van der Waals surface area contributed by atoms with Crippen LogP contribution >= 0.6 is 0 Å². The van der Waals surface area contributed by atoms with E-state index in [1.165, 1.54) is 7.11 Å². The van der Waals surface area contributed by atoms with Crippen molar-refractivity contribution in [2.24, 2.45) is 4.99 Å². The first-order valence-electron chi connectivity index (χ1n) is 11.4. The maximum Gasteiger partial charge on any atom is 0.243 e. The summed E-state index contributed by atoms with van der Waals surface area (Å²) in [4.78, 5) is 7.33. The van der Waals surface area contributed by atoms with Crippen LogP contribution in [0.25, 0.3) is 0 Å². The molecule has 182 valence electrons. The summed E-state index contributed by atoms with van der Waals surface area (Å²) in [6.45, 7) is 1.92. The van der Waals surface area contributed by atoms with Gasteiger partial charge in [-0.2, -0.15) is 4.31 Å². The van der Waals surface area contributed by atoms with Gasteiger partial charge in [0.05, 0.1) is 24.7 Å². The molecule has 0 bridgehead atoms. The number of benzene rings is 3. The quantitative estimate of drug-likeness (QED) is 0.540. The fourth-order valence-corrected chi connectivity index (χ4v) is 5.83.